The summed E-state index contributed by atoms with van der Waals surface area (Å²) in [5, 5.41) is 13.7. The van der Waals surface area contributed by atoms with Gasteiger partial charge in [-0.15, -0.1) is 11.3 Å². The maximum absolute atomic E-state index is 13.7. The summed E-state index contributed by atoms with van der Waals surface area (Å²) in [4.78, 5) is 24.7. The van der Waals surface area contributed by atoms with Crippen molar-refractivity contribution in [2.24, 2.45) is 0 Å². The predicted octanol–water partition coefficient (Wildman–Crippen LogP) is 5.58. The van der Waals surface area contributed by atoms with E-state index >= 15 is 0 Å². The van der Waals surface area contributed by atoms with Crippen LogP contribution in [0.25, 0.3) is 10.4 Å². The standard InChI is InChI=1S/C19H13BrFNO3S/c1-10-2-3-12(8-14(10)21)18(23)22-15-9-26-17(16(15)19(24)25)11-4-6-13(20)7-5-11/h2-9H,1H3,(H,22,23)(H,24,25). The third-order valence-corrected chi connectivity index (χ3v) is 5.35. The van der Waals surface area contributed by atoms with Gasteiger partial charge in [-0.25, -0.2) is 9.18 Å². The first-order valence-electron chi connectivity index (χ1n) is 7.55. The van der Waals surface area contributed by atoms with Crippen LogP contribution in [0.15, 0.2) is 52.3 Å². The molecule has 3 aromatic rings. The first-order chi connectivity index (χ1) is 12.4. The maximum Gasteiger partial charge on any atom is 0.339 e. The highest BCUT2D eigenvalue weighted by Gasteiger charge is 2.21. The summed E-state index contributed by atoms with van der Waals surface area (Å²) in [6, 6.07) is 11.3. The molecular formula is C19H13BrFNO3S. The highest BCUT2D eigenvalue weighted by molar-refractivity contribution is 9.10. The normalized spacial score (nSPS) is 10.6. The number of hydrogen-bond donors (Lipinski definition) is 2. The van der Waals surface area contributed by atoms with Crippen molar-refractivity contribution >= 4 is 44.8 Å². The Labute approximate surface area is 161 Å². The smallest absolute Gasteiger partial charge is 0.339 e. The molecule has 0 aliphatic heterocycles. The van der Waals surface area contributed by atoms with Crippen molar-refractivity contribution in [3.05, 3.63) is 74.8 Å². The van der Waals surface area contributed by atoms with Crippen LogP contribution in [0, 0.1) is 12.7 Å². The molecule has 4 nitrogen and oxygen atoms in total. The molecule has 0 spiro atoms. The number of benzene rings is 2. The van der Waals surface area contributed by atoms with E-state index in [0.29, 0.717) is 10.4 Å². The van der Waals surface area contributed by atoms with E-state index in [2.05, 4.69) is 21.2 Å². The van der Waals surface area contributed by atoms with Crippen LogP contribution in [0.5, 0.6) is 0 Å². The lowest BCUT2D eigenvalue weighted by Crippen LogP contribution is -2.14. The fourth-order valence-electron chi connectivity index (χ4n) is 2.40. The fraction of sp³-hybridized carbons (Fsp3) is 0.0526. The highest BCUT2D eigenvalue weighted by Crippen LogP contribution is 2.36. The SMILES string of the molecule is Cc1ccc(C(=O)Nc2csc(-c3ccc(Br)cc3)c2C(=O)O)cc1F. The lowest BCUT2D eigenvalue weighted by Gasteiger charge is -2.07. The molecule has 2 aromatic carbocycles. The number of anilines is 1. The van der Waals surface area contributed by atoms with Gasteiger partial charge in [0.05, 0.1) is 10.6 Å². The van der Waals surface area contributed by atoms with Gasteiger partial charge >= 0.3 is 5.97 Å². The summed E-state index contributed by atoms with van der Waals surface area (Å²) in [7, 11) is 0. The molecule has 0 fully saturated rings. The van der Waals surface area contributed by atoms with Crippen LogP contribution in [-0.4, -0.2) is 17.0 Å². The summed E-state index contributed by atoms with van der Waals surface area (Å²) in [5.74, 6) is -2.20. The van der Waals surface area contributed by atoms with E-state index in [0.717, 1.165) is 16.1 Å². The van der Waals surface area contributed by atoms with Gasteiger partial charge in [-0.1, -0.05) is 34.1 Å². The van der Waals surface area contributed by atoms with E-state index in [4.69, 9.17) is 0 Å². The fourth-order valence-corrected chi connectivity index (χ4v) is 3.67. The average molecular weight is 434 g/mol. The summed E-state index contributed by atoms with van der Waals surface area (Å²) < 4.78 is 14.5. The number of halogens is 2. The van der Waals surface area contributed by atoms with E-state index in [9.17, 15) is 19.1 Å². The first kappa shape index (κ1) is 18.3. The Morgan fingerprint density at radius 1 is 1.15 bits per heavy atom. The molecule has 0 atom stereocenters. The number of amides is 1. The summed E-state index contributed by atoms with van der Waals surface area (Å²) in [5.41, 5.74) is 1.49. The van der Waals surface area contributed by atoms with Crippen molar-refractivity contribution in [2.75, 3.05) is 5.32 Å². The molecule has 0 saturated heterocycles. The molecule has 0 saturated carbocycles. The van der Waals surface area contributed by atoms with Crippen molar-refractivity contribution < 1.29 is 19.1 Å². The van der Waals surface area contributed by atoms with Gasteiger partial charge in [0.1, 0.15) is 11.4 Å². The molecule has 26 heavy (non-hydrogen) atoms. The van der Waals surface area contributed by atoms with E-state index in [-0.39, 0.29) is 16.8 Å². The van der Waals surface area contributed by atoms with Crippen LogP contribution < -0.4 is 5.32 Å². The number of aryl methyl sites for hydroxylation is 1. The van der Waals surface area contributed by atoms with Crippen LogP contribution in [0.1, 0.15) is 26.3 Å². The van der Waals surface area contributed by atoms with Gasteiger partial charge in [-0.3, -0.25) is 4.79 Å². The van der Waals surface area contributed by atoms with Gasteiger partial charge in [0, 0.05) is 15.4 Å². The molecule has 132 valence electrons. The zero-order valence-corrected chi connectivity index (χ0v) is 15.9. The molecular weight excluding hydrogens is 421 g/mol. The largest absolute Gasteiger partial charge is 0.478 e. The molecule has 1 heterocycles. The van der Waals surface area contributed by atoms with E-state index in [1.165, 1.54) is 23.5 Å². The Hall–Kier alpha value is -2.51. The lowest BCUT2D eigenvalue weighted by molar-refractivity contribution is 0.0699. The highest BCUT2D eigenvalue weighted by atomic mass is 79.9. The molecule has 0 bridgehead atoms. The number of thiophene rings is 1. The van der Waals surface area contributed by atoms with Crippen molar-refractivity contribution in [2.45, 2.75) is 6.92 Å². The second-order valence-electron chi connectivity index (χ2n) is 5.58. The number of rotatable bonds is 4. The molecule has 1 amide bonds. The monoisotopic (exact) mass is 433 g/mol. The zero-order valence-electron chi connectivity index (χ0n) is 13.5. The summed E-state index contributed by atoms with van der Waals surface area (Å²) in [6.07, 6.45) is 0. The quantitative estimate of drug-likeness (QED) is 0.564. The third kappa shape index (κ3) is 3.68. The second kappa shape index (κ2) is 7.39. The number of hydrogen-bond acceptors (Lipinski definition) is 3. The average Bonchev–Trinajstić information content (AvgIpc) is 3.01. The first-order valence-corrected chi connectivity index (χ1v) is 9.22. The molecule has 3 rings (SSSR count). The van der Waals surface area contributed by atoms with Gasteiger partial charge in [0.25, 0.3) is 5.91 Å². The molecule has 7 heteroatoms. The molecule has 0 unspecified atom stereocenters. The summed E-state index contributed by atoms with van der Waals surface area (Å²) in [6.45, 7) is 1.60. The minimum absolute atomic E-state index is 0.0123. The molecule has 2 N–H and O–H groups in total. The minimum Gasteiger partial charge on any atom is -0.478 e. The van der Waals surface area contributed by atoms with E-state index in [1.807, 2.05) is 12.1 Å². The van der Waals surface area contributed by atoms with Crippen LogP contribution in [-0.2, 0) is 0 Å². The molecule has 0 aliphatic rings. The molecule has 0 radical (unpaired) electrons. The number of carbonyl (C=O) groups is 2. The van der Waals surface area contributed by atoms with Crippen LogP contribution in [0.4, 0.5) is 10.1 Å². The summed E-state index contributed by atoms with van der Waals surface area (Å²) >= 11 is 4.56. The Bertz CT molecular complexity index is 999. The van der Waals surface area contributed by atoms with Crippen molar-refractivity contribution in [3.8, 4) is 10.4 Å². The van der Waals surface area contributed by atoms with E-state index in [1.54, 1.807) is 24.4 Å². The third-order valence-electron chi connectivity index (χ3n) is 3.79. The van der Waals surface area contributed by atoms with Crippen molar-refractivity contribution in [3.63, 3.8) is 0 Å². The Morgan fingerprint density at radius 3 is 2.46 bits per heavy atom. The molecule has 1 aromatic heterocycles. The van der Waals surface area contributed by atoms with Gasteiger partial charge < -0.3 is 10.4 Å². The lowest BCUT2D eigenvalue weighted by atomic mass is 10.1. The Balaban J connectivity index is 1.95. The second-order valence-corrected chi connectivity index (χ2v) is 7.38. The van der Waals surface area contributed by atoms with E-state index < -0.39 is 17.7 Å². The number of carboxylic acid groups (broad SMARTS) is 1. The minimum atomic E-state index is -1.14. The van der Waals surface area contributed by atoms with Crippen molar-refractivity contribution in [1.82, 2.24) is 0 Å². The van der Waals surface area contributed by atoms with Gasteiger partial charge in [0.2, 0.25) is 0 Å². The topological polar surface area (TPSA) is 66.4 Å². The zero-order chi connectivity index (χ0) is 18.8. The number of aromatic carboxylic acids is 1. The molecule has 0 aliphatic carbocycles. The van der Waals surface area contributed by atoms with Gasteiger partial charge in [-0.05, 0) is 42.3 Å². The van der Waals surface area contributed by atoms with Gasteiger partial charge in [0.15, 0.2) is 0 Å². The van der Waals surface area contributed by atoms with Crippen LogP contribution >= 0.6 is 27.3 Å². The number of nitrogens with one attached hydrogen (secondary N) is 1. The predicted molar refractivity (Wildman–Crippen MR) is 104 cm³/mol. The van der Waals surface area contributed by atoms with Crippen molar-refractivity contribution in [1.29, 1.82) is 0 Å². The van der Waals surface area contributed by atoms with Gasteiger partial charge in [-0.2, -0.15) is 0 Å². The Morgan fingerprint density at radius 2 is 1.85 bits per heavy atom. The van der Waals surface area contributed by atoms with Crippen LogP contribution in [0.2, 0.25) is 0 Å². The number of carboxylic acids is 1. The van der Waals surface area contributed by atoms with Crippen LogP contribution in [0.3, 0.4) is 0 Å². The maximum atomic E-state index is 13.7. The number of carbonyl (C=O) groups excluding carboxylic acids is 1. The Kier molecular flexibility index (Phi) is 5.20.